The van der Waals surface area contributed by atoms with Crippen LogP contribution in [-0.2, 0) is 16.1 Å². The normalized spacial score (nSPS) is 19.1. The SMILES string of the molecule is Cl.O=C(Nc1ncnc2c1cnn2CCN1CCCCCC1)C1CCOCC1. The molecule has 2 fully saturated rings. The highest BCUT2D eigenvalue weighted by Gasteiger charge is 2.23. The molecule has 9 heteroatoms. The molecule has 1 amide bonds. The van der Waals surface area contributed by atoms with Crippen LogP contribution in [0.3, 0.4) is 0 Å². The molecule has 1 N–H and O–H groups in total. The van der Waals surface area contributed by atoms with Gasteiger partial charge < -0.3 is 15.0 Å². The lowest BCUT2D eigenvalue weighted by Gasteiger charge is -2.21. The van der Waals surface area contributed by atoms with Gasteiger partial charge in [0.1, 0.15) is 12.1 Å². The third kappa shape index (κ3) is 4.98. The van der Waals surface area contributed by atoms with Gasteiger partial charge in [-0.1, -0.05) is 12.8 Å². The number of nitrogens with one attached hydrogen (secondary N) is 1. The van der Waals surface area contributed by atoms with Crippen molar-refractivity contribution in [3.63, 3.8) is 0 Å². The van der Waals surface area contributed by atoms with Crippen LogP contribution < -0.4 is 5.32 Å². The second-order valence-corrected chi connectivity index (χ2v) is 7.46. The Kier molecular flexibility index (Phi) is 7.58. The zero-order valence-corrected chi connectivity index (χ0v) is 17.0. The molecule has 0 radical (unpaired) electrons. The van der Waals surface area contributed by atoms with Gasteiger partial charge in [0, 0.05) is 25.7 Å². The smallest absolute Gasteiger partial charge is 0.228 e. The fourth-order valence-corrected chi connectivity index (χ4v) is 3.93. The van der Waals surface area contributed by atoms with E-state index in [-0.39, 0.29) is 24.2 Å². The minimum atomic E-state index is -0.0122. The van der Waals surface area contributed by atoms with Crippen molar-refractivity contribution < 1.29 is 9.53 Å². The topological polar surface area (TPSA) is 85.2 Å². The monoisotopic (exact) mass is 408 g/mol. The van der Waals surface area contributed by atoms with Crippen molar-refractivity contribution in [2.45, 2.75) is 45.1 Å². The van der Waals surface area contributed by atoms with Crippen LogP contribution in [0.4, 0.5) is 5.82 Å². The highest BCUT2D eigenvalue weighted by Crippen LogP contribution is 2.22. The molecule has 2 saturated heterocycles. The number of halogens is 1. The summed E-state index contributed by atoms with van der Waals surface area (Å²) in [4.78, 5) is 23.7. The van der Waals surface area contributed by atoms with E-state index in [1.54, 1.807) is 6.20 Å². The first-order valence-electron chi connectivity index (χ1n) is 10.1. The maximum absolute atomic E-state index is 12.5. The Morgan fingerprint density at radius 1 is 1.11 bits per heavy atom. The molecule has 0 spiro atoms. The number of fused-ring (bicyclic) bond motifs is 1. The van der Waals surface area contributed by atoms with Crippen molar-refractivity contribution in [3.05, 3.63) is 12.5 Å². The molecular formula is C19H29ClN6O2. The van der Waals surface area contributed by atoms with Gasteiger partial charge in [0.05, 0.1) is 18.1 Å². The van der Waals surface area contributed by atoms with Crippen molar-refractivity contribution in [1.82, 2.24) is 24.6 Å². The number of ether oxygens (including phenoxy) is 1. The standard InChI is InChI=1S/C19H28N6O2.ClH/c26-19(15-5-11-27-12-6-15)23-17-16-13-22-25(18(16)21-14-20-17)10-9-24-7-3-1-2-4-8-24;/h13-15H,1-12H2,(H,20,21,23,26);1H. The summed E-state index contributed by atoms with van der Waals surface area (Å²) in [6, 6.07) is 0. The molecule has 0 atom stereocenters. The van der Waals surface area contributed by atoms with E-state index in [1.807, 2.05) is 4.68 Å². The molecule has 2 aliphatic heterocycles. The van der Waals surface area contributed by atoms with E-state index in [2.05, 4.69) is 25.3 Å². The van der Waals surface area contributed by atoms with Gasteiger partial charge in [0.15, 0.2) is 5.65 Å². The first-order valence-corrected chi connectivity index (χ1v) is 10.1. The summed E-state index contributed by atoms with van der Waals surface area (Å²) >= 11 is 0. The van der Waals surface area contributed by atoms with Gasteiger partial charge in [-0.15, -0.1) is 12.4 Å². The number of anilines is 1. The molecule has 0 aromatic carbocycles. The van der Waals surface area contributed by atoms with E-state index >= 15 is 0 Å². The fraction of sp³-hybridized carbons (Fsp3) is 0.684. The van der Waals surface area contributed by atoms with Gasteiger partial charge in [-0.2, -0.15) is 5.10 Å². The van der Waals surface area contributed by atoms with Crippen molar-refractivity contribution in [2.24, 2.45) is 5.92 Å². The lowest BCUT2D eigenvalue weighted by Crippen LogP contribution is -2.29. The second kappa shape index (κ2) is 10.1. The quantitative estimate of drug-likeness (QED) is 0.818. The van der Waals surface area contributed by atoms with E-state index in [0.29, 0.717) is 19.0 Å². The van der Waals surface area contributed by atoms with Crippen LogP contribution in [0.1, 0.15) is 38.5 Å². The summed E-state index contributed by atoms with van der Waals surface area (Å²) in [5.41, 5.74) is 0.780. The maximum atomic E-state index is 12.5. The summed E-state index contributed by atoms with van der Waals surface area (Å²) < 4.78 is 7.26. The molecule has 2 aromatic rings. The van der Waals surface area contributed by atoms with Gasteiger partial charge in [-0.3, -0.25) is 4.79 Å². The van der Waals surface area contributed by atoms with Gasteiger partial charge in [0.2, 0.25) is 5.91 Å². The van der Waals surface area contributed by atoms with Crippen molar-refractivity contribution >= 4 is 35.2 Å². The molecule has 28 heavy (non-hydrogen) atoms. The zero-order valence-electron chi connectivity index (χ0n) is 16.2. The lowest BCUT2D eigenvalue weighted by molar-refractivity contribution is -0.122. The van der Waals surface area contributed by atoms with Crippen LogP contribution in [0.5, 0.6) is 0 Å². The number of amides is 1. The first kappa shape index (κ1) is 21.0. The van der Waals surface area contributed by atoms with Crippen LogP contribution in [0.2, 0.25) is 0 Å². The zero-order chi connectivity index (χ0) is 18.5. The molecule has 4 heterocycles. The van der Waals surface area contributed by atoms with Crippen molar-refractivity contribution in [3.8, 4) is 0 Å². The third-order valence-corrected chi connectivity index (χ3v) is 5.59. The third-order valence-electron chi connectivity index (χ3n) is 5.59. The molecular weight excluding hydrogens is 380 g/mol. The Hall–Kier alpha value is -1.77. The lowest BCUT2D eigenvalue weighted by atomic mass is 9.99. The Morgan fingerprint density at radius 2 is 1.86 bits per heavy atom. The molecule has 154 valence electrons. The maximum Gasteiger partial charge on any atom is 0.228 e. The summed E-state index contributed by atoms with van der Waals surface area (Å²) in [6.45, 7) is 5.40. The molecule has 8 nitrogen and oxygen atoms in total. The van der Waals surface area contributed by atoms with Crippen molar-refractivity contribution in [1.29, 1.82) is 0 Å². The highest BCUT2D eigenvalue weighted by atomic mass is 35.5. The molecule has 0 saturated carbocycles. The van der Waals surface area contributed by atoms with Crippen LogP contribution in [-0.4, -0.2) is 63.4 Å². The van der Waals surface area contributed by atoms with Crippen molar-refractivity contribution in [2.75, 3.05) is 38.2 Å². The first-order chi connectivity index (χ1) is 13.3. The molecule has 0 unspecified atom stereocenters. The van der Waals surface area contributed by atoms with E-state index in [4.69, 9.17) is 4.74 Å². The number of likely N-dealkylation sites (tertiary alicyclic amines) is 1. The molecule has 2 aliphatic rings. The Bertz CT molecular complexity index is 769. The van der Waals surface area contributed by atoms with E-state index in [0.717, 1.165) is 37.0 Å². The fourth-order valence-electron chi connectivity index (χ4n) is 3.93. The minimum absolute atomic E-state index is 0. The number of nitrogens with zero attached hydrogens (tertiary/aromatic N) is 5. The largest absolute Gasteiger partial charge is 0.381 e. The number of hydrogen-bond acceptors (Lipinski definition) is 6. The van der Waals surface area contributed by atoms with E-state index < -0.39 is 0 Å². The second-order valence-electron chi connectivity index (χ2n) is 7.46. The van der Waals surface area contributed by atoms with Crippen LogP contribution in [0.15, 0.2) is 12.5 Å². The van der Waals surface area contributed by atoms with Gasteiger partial charge >= 0.3 is 0 Å². The summed E-state index contributed by atoms with van der Waals surface area (Å²) in [5.74, 6) is 0.551. The minimum Gasteiger partial charge on any atom is -0.381 e. The Balaban J connectivity index is 0.00000225. The average molecular weight is 409 g/mol. The van der Waals surface area contributed by atoms with E-state index in [1.165, 1.54) is 45.1 Å². The predicted molar refractivity (Wildman–Crippen MR) is 110 cm³/mol. The van der Waals surface area contributed by atoms with Gasteiger partial charge in [-0.25, -0.2) is 14.6 Å². The molecule has 4 rings (SSSR count). The highest BCUT2D eigenvalue weighted by molar-refractivity contribution is 5.99. The Labute approximate surface area is 171 Å². The molecule has 2 aromatic heterocycles. The summed E-state index contributed by atoms with van der Waals surface area (Å²) in [5, 5.41) is 8.27. The Morgan fingerprint density at radius 3 is 2.61 bits per heavy atom. The van der Waals surface area contributed by atoms with Crippen LogP contribution in [0, 0.1) is 5.92 Å². The number of carbonyl (C=O) groups is 1. The predicted octanol–water partition coefficient (Wildman–Crippen LogP) is 2.49. The molecule has 0 bridgehead atoms. The number of rotatable bonds is 5. The number of carbonyl (C=O) groups excluding carboxylic acids is 1. The number of aromatic nitrogens is 4. The summed E-state index contributed by atoms with van der Waals surface area (Å²) in [6.07, 6.45) is 10.0. The van der Waals surface area contributed by atoms with E-state index in [9.17, 15) is 4.79 Å². The number of hydrogen-bond donors (Lipinski definition) is 1. The molecule has 0 aliphatic carbocycles. The van der Waals surface area contributed by atoms with Gasteiger partial charge in [-0.05, 0) is 38.8 Å². The van der Waals surface area contributed by atoms with Crippen LogP contribution >= 0.6 is 12.4 Å². The van der Waals surface area contributed by atoms with Gasteiger partial charge in [0.25, 0.3) is 0 Å². The van der Waals surface area contributed by atoms with Crippen LogP contribution in [0.25, 0.3) is 11.0 Å². The summed E-state index contributed by atoms with van der Waals surface area (Å²) in [7, 11) is 0. The average Bonchev–Trinajstić information content (AvgIpc) is 2.94.